The Bertz CT molecular complexity index is 2970. The van der Waals surface area contributed by atoms with E-state index in [2.05, 4.69) is 51.7 Å². The van der Waals surface area contributed by atoms with E-state index in [0.29, 0.717) is 42.2 Å². The van der Waals surface area contributed by atoms with Crippen molar-refractivity contribution >= 4 is 40.7 Å². The van der Waals surface area contributed by atoms with Crippen molar-refractivity contribution in [3.05, 3.63) is 114 Å². The lowest BCUT2D eigenvalue weighted by molar-refractivity contribution is -0.143. The molecule has 23 heteroatoms. The van der Waals surface area contributed by atoms with Gasteiger partial charge >= 0.3 is 18.4 Å². The molecule has 17 nitrogen and oxygen atoms in total. The second kappa shape index (κ2) is 28.1. The first-order valence-electron chi connectivity index (χ1n) is 25.5. The zero-order chi connectivity index (χ0) is 54.6. The number of Topliss-reactive ketones (excluding diaryl/α,β-unsaturated/α-hetero) is 1. The monoisotopic (exact) mass is 1070 g/mol. The minimum Gasteiger partial charge on any atom is -0.396 e. The Morgan fingerprint density at radius 3 is 2.06 bits per heavy atom. The molecule has 2 saturated heterocycles. The fourth-order valence-corrected chi connectivity index (χ4v) is 8.69. The molecule has 410 valence electrons. The van der Waals surface area contributed by atoms with Gasteiger partial charge in [-0.2, -0.15) is 31.6 Å². The molecule has 0 spiro atoms. The van der Waals surface area contributed by atoms with Gasteiger partial charge in [0.15, 0.2) is 0 Å². The zero-order valence-corrected chi connectivity index (χ0v) is 42.8. The predicted molar refractivity (Wildman–Crippen MR) is 282 cm³/mol. The number of pyridine rings is 2. The van der Waals surface area contributed by atoms with Crippen molar-refractivity contribution in [2.24, 2.45) is 10.3 Å². The van der Waals surface area contributed by atoms with Crippen LogP contribution in [0.5, 0.6) is 0 Å². The number of benzene rings is 2. The van der Waals surface area contributed by atoms with Crippen molar-refractivity contribution in [3.63, 3.8) is 0 Å². The van der Waals surface area contributed by atoms with E-state index in [9.17, 15) is 35.9 Å². The van der Waals surface area contributed by atoms with Gasteiger partial charge in [-0.1, -0.05) is 40.6 Å². The molecule has 0 aliphatic carbocycles. The highest BCUT2D eigenvalue weighted by Gasteiger charge is 2.29. The average molecular weight is 1070 g/mol. The molecule has 6 aromatic rings. The van der Waals surface area contributed by atoms with E-state index in [1.807, 2.05) is 70.6 Å². The number of nitrogens with zero attached hydrogens (tertiary/aromatic N) is 10. The molecule has 0 atom stereocenters. The molecule has 2 aliphatic heterocycles. The molecule has 2 aliphatic rings. The quantitative estimate of drug-likeness (QED) is 0.0257. The number of carbonyl (C=O) groups excluding carboxylic acids is 2. The van der Waals surface area contributed by atoms with Gasteiger partial charge in [-0.3, -0.25) is 18.5 Å². The topological polar surface area (TPSA) is 182 Å². The minimum atomic E-state index is -4.48. The number of urea groups is 1. The fourth-order valence-electron chi connectivity index (χ4n) is 8.69. The molecule has 0 saturated carbocycles. The van der Waals surface area contributed by atoms with Crippen LogP contribution in [0.4, 0.5) is 36.8 Å². The van der Waals surface area contributed by atoms with E-state index in [1.165, 1.54) is 0 Å². The van der Waals surface area contributed by atoms with Crippen LogP contribution < -0.4 is 16.0 Å². The van der Waals surface area contributed by atoms with Crippen molar-refractivity contribution < 1.29 is 45.6 Å². The summed E-state index contributed by atoms with van der Waals surface area (Å²) in [6.45, 7) is 12.5. The maximum atomic E-state index is 12.4. The lowest BCUT2D eigenvalue weighted by atomic mass is 10.0. The number of amides is 2. The number of piperazine rings is 2. The first-order chi connectivity index (χ1) is 37.1. The molecule has 3 N–H and O–H groups in total. The maximum Gasteiger partial charge on any atom is 0.405 e. The van der Waals surface area contributed by atoms with Crippen molar-refractivity contribution in [3.8, 4) is 28.6 Å². The number of imidazole rings is 2. The van der Waals surface area contributed by atoms with Crippen molar-refractivity contribution in [1.29, 1.82) is 5.26 Å². The van der Waals surface area contributed by atoms with Gasteiger partial charge in [-0.15, -0.1) is 0 Å². The fraction of sp³-hybridized carbons (Fsp3) is 0.426. The number of alkyl halides is 6. The van der Waals surface area contributed by atoms with Gasteiger partial charge in [0.2, 0.25) is 0 Å². The third-order valence-corrected chi connectivity index (χ3v) is 12.8. The number of rotatable bonds is 22. The van der Waals surface area contributed by atoms with Crippen molar-refractivity contribution in [2.75, 3.05) is 97.1 Å². The standard InChI is InChI=1S/C29H33F3N6O2.C25H30F3N7O2/c30-29(31,32)8-6-26(39)19-23-4-1-5-25(18-23)27-22-34-28-20-24(7-12-38(27)28)21-35-40-17-3-11-37-15-13-36(14-16-37)10-2-9-33;1-18(33-37-13-3-9-34-11-7-29-8-12-34)19-6-10-35-22(16-30-23(35)15-19)20-4-2-5-21(14-20)32-24(36)31-17-25(26,27)28/h1,4-5,7,12,18,20-22H,2-3,6,8,10-11,13-17,19H2;2,4-6,10,14-16,29H,3,7-9,11-13,17H2,1H3,(H2,31,32,36)/b;33-18+. The molecule has 2 fully saturated rings. The number of halogens is 6. The maximum absolute atomic E-state index is 12.4. The summed E-state index contributed by atoms with van der Waals surface area (Å²) in [4.78, 5) is 50.9. The first-order valence-corrected chi connectivity index (χ1v) is 25.5. The Morgan fingerprint density at radius 2 is 1.39 bits per heavy atom. The molecule has 4 aromatic heterocycles. The average Bonchev–Trinajstić information content (AvgIpc) is 4.05. The summed E-state index contributed by atoms with van der Waals surface area (Å²) < 4.78 is 78.0. The number of hydrogen-bond acceptors (Lipinski definition) is 13. The molecule has 0 radical (unpaired) electrons. The summed E-state index contributed by atoms with van der Waals surface area (Å²) in [6.07, 6.45) is 0.717. The van der Waals surface area contributed by atoms with E-state index < -0.39 is 43.6 Å². The number of anilines is 1. The summed E-state index contributed by atoms with van der Waals surface area (Å²) in [7, 11) is 0. The van der Waals surface area contributed by atoms with Gasteiger partial charge < -0.3 is 35.4 Å². The van der Waals surface area contributed by atoms with Gasteiger partial charge in [-0.05, 0) is 67.8 Å². The first kappa shape index (κ1) is 57.3. The largest absolute Gasteiger partial charge is 0.405 e. The number of hydrogen-bond donors (Lipinski definition) is 3. The number of aromatic nitrogens is 4. The summed E-state index contributed by atoms with van der Waals surface area (Å²) in [5, 5.41) is 24.6. The van der Waals surface area contributed by atoms with Gasteiger partial charge in [0, 0.05) is 132 Å². The summed E-state index contributed by atoms with van der Waals surface area (Å²) in [6, 6.07) is 22.9. The van der Waals surface area contributed by atoms with Crippen LogP contribution in [0.1, 0.15) is 55.7 Å². The van der Waals surface area contributed by atoms with E-state index in [-0.39, 0.29) is 6.42 Å². The van der Waals surface area contributed by atoms with Gasteiger partial charge in [-0.25, -0.2) is 14.8 Å². The summed E-state index contributed by atoms with van der Waals surface area (Å²) >= 11 is 0. The number of nitriles is 1. The highest BCUT2D eigenvalue weighted by atomic mass is 19.4. The molecule has 8 rings (SSSR count). The molecule has 2 amide bonds. The van der Waals surface area contributed by atoms with Crippen LogP contribution in [0.15, 0.2) is 108 Å². The SMILES string of the molecule is C/C(=N\OCCCN1CCNCC1)c1ccn2c(-c3cccc(NC(=O)NCC(F)(F)F)c3)cnc2c1.N#CCCN1CCN(CCCON=Cc2ccn3c(-c4cccc(CC(=O)CCC(F)(F)F)c4)cnc3c2)CC1. The van der Waals surface area contributed by atoms with E-state index >= 15 is 0 Å². The normalized spacial score (nSPS) is 15.1. The van der Waals surface area contributed by atoms with E-state index in [1.54, 1.807) is 54.3 Å². The van der Waals surface area contributed by atoms with Crippen LogP contribution in [0, 0.1) is 11.3 Å². The van der Waals surface area contributed by atoms with E-state index in [0.717, 1.165) is 124 Å². The Kier molecular flexibility index (Phi) is 20.9. The van der Waals surface area contributed by atoms with E-state index in [4.69, 9.17) is 14.9 Å². The third kappa shape index (κ3) is 18.7. The molecule has 77 heavy (non-hydrogen) atoms. The molecule has 6 heterocycles. The minimum absolute atomic E-state index is 0.0404. The second-order valence-corrected chi connectivity index (χ2v) is 18.6. The Morgan fingerprint density at radius 1 is 0.766 bits per heavy atom. The molecule has 2 aromatic carbocycles. The third-order valence-electron chi connectivity index (χ3n) is 12.8. The lowest BCUT2D eigenvalue weighted by Crippen LogP contribution is -2.46. The van der Waals surface area contributed by atoms with Crippen LogP contribution in [0.25, 0.3) is 33.8 Å². The number of ketones is 1. The summed E-state index contributed by atoms with van der Waals surface area (Å²) in [5.74, 6) is -0.440. The van der Waals surface area contributed by atoms with Gasteiger partial charge in [0.1, 0.15) is 36.8 Å². The summed E-state index contributed by atoms with van der Waals surface area (Å²) in [5.41, 5.74) is 8.02. The highest BCUT2D eigenvalue weighted by Crippen LogP contribution is 2.27. The number of nitrogens with one attached hydrogen (secondary N) is 3. The smallest absolute Gasteiger partial charge is 0.396 e. The number of fused-ring (bicyclic) bond motifs is 2. The number of oxime groups is 2. The Hall–Kier alpha value is -7.39. The molecule has 0 bridgehead atoms. The highest BCUT2D eigenvalue weighted by molar-refractivity contribution is 5.99. The Labute approximate surface area is 442 Å². The molecular formula is C54H63F6N13O4. The van der Waals surface area contributed by atoms with Crippen LogP contribution >= 0.6 is 0 Å². The molecular weight excluding hydrogens is 1010 g/mol. The van der Waals surface area contributed by atoms with Gasteiger partial charge in [0.25, 0.3) is 0 Å². The molecule has 0 unspecified atom stereocenters. The lowest BCUT2D eigenvalue weighted by Gasteiger charge is -2.34. The van der Waals surface area contributed by atoms with Crippen molar-refractivity contribution in [2.45, 2.75) is 57.8 Å². The van der Waals surface area contributed by atoms with Crippen LogP contribution in [0.3, 0.4) is 0 Å². The zero-order valence-electron chi connectivity index (χ0n) is 42.8. The van der Waals surface area contributed by atoms with Crippen LogP contribution in [0.2, 0.25) is 0 Å². The Balaban J connectivity index is 0.000000224. The van der Waals surface area contributed by atoms with Crippen LogP contribution in [-0.2, 0) is 20.9 Å². The van der Waals surface area contributed by atoms with Crippen LogP contribution in [-0.4, -0.2) is 161 Å². The van der Waals surface area contributed by atoms with Crippen molar-refractivity contribution in [1.82, 2.24) is 44.1 Å². The number of carbonyl (C=O) groups is 2. The van der Waals surface area contributed by atoms with Gasteiger partial charge in [0.05, 0.1) is 48.2 Å². The predicted octanol–water partition coefficient (Wildman–Crippen LogP) is 8.45. The second-order valence-electron chi connectivity index (χ2n) is 18.6.